The second kappa shape index (κ2) is 10.2. The maximum atomic E-state index is 12.2. The van der Waals surface area contributed by atoms with Crippen molar-refractivity contribution in [2.75, 3.05) is 37.7 Å². The monoisotopic (exact) mass is 441 g/mol. The third-order valence-corrected chi connectivity index (χ3v) is 7.12. The third kappa shape index (κ3) is 6.13. The predicted octanol–water partition coefficient (Wildman–Crippen LogP) is 3.25. The van der Waals surface area contributed by atoms with Crippen LogP contribution in [0.3, 0.4) is 0 Å². The van der Waals surface area contributed by atoms with Crippen molar-refractivity contribution in [1.82, 2.24) is 9.62 Å². The average molecular weight is 442 g/mol. The molecule has 1 N–H and O–H groups in total. The standard InChI is InChI=1S/C19H24ClN3O3S2/c1-22(2)28(25,26)23(3)18-10-6-16(7-11-18)19(24)21-12-13-27-14-15-4-8-17(20)9-5-15/h4-11H,12-14H2,1-3H3,(H,21,24). The first-order valence-corrected chi connectivity index (χ1v) is 11.5. The van der Waals surface area contributed by atoms with Crippen LogP contribution in [0, 0.1) is 0 Å². The van der Waals surface area contributed by atoms with Crippen LogP contribution in [-0.4, -0.2) is 52.1 Å². The Balaban J connectivity index is 1.80. The Morgan fingerprint density at radius 1 is 1.04 bits per heavy atom. The van der Waals surface area contributed by atoms with E-state index in [0.717, 1.165) is 20.8 Å². The Morgan fingerprint density at radius 2 is 1.64 bits per heavy atom. The molecule has 152 valence electrons. The zero-order valence-corrected chi connectivity index (χ0v) is 18.4. The normalized spacial score (nSPS) is 11.5. The van der Waals surface area contributed by atoms with Gasteiger partial charge in [0.15, 0.2) is 0 Å². The minimum atomic E-state index is -3.55. The van der Waals surface area contributed by atoms with Crippen molar-refractivity contribution < 1.29 is 13.2 Å². The van der Waals surface area contributed by atoms with Gasteiger partial charge in [0.1, 0.15) is 0 Å². The van der Waals surface area contributed by atoms with Crippen LogP contribution in [0.15, 0.2) is 48.5 Å². The number of nitrogens with one attached hydrogen (secondary N) is 1. The van der Waals surface area contributed by atoms with Gasteiger partial charge in [0.05, 0.1) is 5.69 Å². The van der Waals surface area contributed by atoms with Gasteiger partial charge in [-0.25, -0.2) is 0 Å². The van der Waals surface area contributed by atoms with E-state index >= 15 is 0 Å². The molecule has 2 rings (SSSR count). The van der Waals surface area contributed by atoms with Crippen molar-refractivity contribution in [1.29, 1.82) is 0 Å². The van der Waals surface area contributed by atoms with Crippen LogP contribution in [-0.2, 0) is 16.0 Å². The number of hydrogen-bond donors (Lipinski definition) is 1. The molecule has 0 heterocycles. The van der Waals surface area contributed by atoms with Crippen molar-refractivity contribution >= 4 is 45.2 Å². The highest BCUT2D eigenvalue weighted by molar-refractivity contribution is 7.98. The molecule has 0 radical (unpaired) electrons. The molecule has 0 atom stereocenters. The summed E-state index contributed by atoms with van der Waals surface area (Å²) in [6.07, 6.45) is 0. The van der Waals surface area contributed by atoms with Gasteiger partial charge in [-0.15, -0.1) is 0 Å². The van der Waals surface area contributed by atoms with Gasteiger partial charge in [-0.1, -0.05) is 23.7 Å². The lowest BCUT2D eigenvalue weighted by Gasteiger charge is -2.23. The van der Waals surface area contributed by atoms with E-state index < -0.39 is 10.2 Å². The van der Waals surface area contributed by atoms with Crippen molar-refractivity contribution in [3.05, 3.63) is 64.7 Å². The third-order valence-electron chi connectivity index (χ3n) is 4.01. The van der Waals surface area contributed by atoms with Crippen LogP contribution in [0.2, 0.25) is 5.02 Å². The van der Waals surface area contributed by atoms with Gasteiger partial charge in [0.2, 0.25) is 0 Å². The number of anilines is 1. The van der Waals surface area contributed by atoms with E-state index in [1.807, 2.05) is 24.3 Å². The summed E-state index contributed by atoms with van der Waals surface area (Å²) in [6, 6.07) is 14.2. The molecule has 28 heavy (non-hydrogen) atoms. The molecule has 6 nitrogen and oxygen atoms in total. The highest BCUT2D eigenvalue weighted by Crippen LogP contribution is 2.18. The van der Waals surface area contributed by atoms with Crippen molar-refractivity contribution in [2.45, 2.75) is 5.75 Å². The molecule has 0 saturated carbocycles. The number of nitrogens with zero attached hydrogens (tertiary/aromatic N) is 2. The molecule has 0 fully saturated rings. The lowest BCUT2D eigenvalue weighted by atomic mass is 10.2. The molecule has 0 aliphatic rings. The summed E-state index contributed by atoms with van der Waals surface area (Å²) < 4.78 is 26.6. The fraction of sp³-hybridized carbons (Fsp3) is 0.316. The zero-order chi connectivity index (χ0) is 20.7. The Kier molecular flexibility index (Phi) is 8.18. The number of benzene rings is 2. The SMILES string of the molecule is CN(C)S(=O)(=O)N(C)c1ccc(C(=O)NCCSCc2ccc(Cl)cc2)cc1. The minimum Gasteiger partial charge on any atom is -0.351 e. The lowest BCUT2D eigenvalue weighted by molar-refractivity contribution is 0.0956. The summed E-state index contributed by atoms with van der Waals surface area (Å²) in [5.74, 6) is 1.46. The quantitative estimate of drug-likeness (QED) is 0.606. The Bertz CT molecular complexity index is 886. The fourth-order valence-electron chi connectivity index (χ4n) is 2.31. The number of rotatable bonds is 9. The molecule has 2 aromatic rings. The van der Waals surface area contributed by atoms with E-state index in [9.17, 15) is 13.2 Å². The Hall–Kier alpha value is -1.74. The molecular formula is C19H24ClN3O3S2. The fourth-order valence-corrected chi connectivity index (χ4v) is 4.13. The number of hydrogen-bond acceptors (Lipinski definition) is 4. The van der Waals surface area contributed by atoms with Crippen LogP contribution in [0.5, 0.6) is 0 Å². The van der Waals surface area contributed by atoms with Crippen LogP contribution in [0.4, 0.5) is 5.69 Å². The maximum Gasteiger partial charge on any atom is 0.303 e. The first kappa shape index (κ1) is 22.5. The van der Waals surface area contributed by atoms with Crippen LogP contribution >= 0.6 is 23.4 Å². The zero-order valence-electron chi connectivity index (χ0n) is 16.1. The minimum absolute atomic E-state index is 0.184. The number of halogens is 1. The largest absolute Gasteiger partial charge is 0.351 e. The van der Waals surface area contributed by atoms with E-state index in [1.165, 1.54) is 31.0 Å². The highest BCUT2D eigenvalue weighted by Gasteiger charge is 2.20. The molecule has 0 aliphatic carbocycles. The molecule has 0 saturated heterocycles. The number of amides is 1. The van der Waals surface area contributed by atoms with Gasteiger partial charge >= 0.3 is 10.2 Å². The summed E-state index contributed by atoms with van der Waals surface area (Å²) in [6.45, 7) is 0.549. The molecular weight excluding hydrogens is 418 g/mol. The molecule has 0 aromatic heterocycles. The smallest absolute Gasteiger partial charge is 0.303 e. The summed E-state index contributed by atoms with van der Waals surface area (Å²) in [4.78, 5) is 12.2. The Morgan fingerprint density at radius 3 is 2.21 bits per heavy atom. The summed E-state index contributed by atoms with van der Waals surface area (Å²) >= 11 is 7.59. The number of carbonyl (C=O) groups is 1. The van der Waals surface area contributed by atoms with E-state index in [2.05, 4.69) is 5.32 Å². The lowest BCUT2D eigenvalue weighted by Crippen LogP contribution is -2.37. The van der Waals surface area contributed by atoms with Gasteiger partial charge in [-0.2, -0.15) is 24.5 Å². The van der Waals surface area contributed by atoms with Crippen molar-refractivity contribution in [3.63, 3.8) is 0 Å². The van der Waals surface area contributed by atoms with Crippen LogP contribution < -0.4 is 9.62 Å². The molecule has 9 heteroatoms. The number of thioether (sulfide) groups is 1. The van der Waals surface area contributed by atoms with E-state index in [4.69, 9.17) is 11.6 Å². The first-order valence-electron chi connectivity index (χ1n) is 8.58. The number of carbonyl (C=O) groups excluding carboxylic acids is 1. The topological polar surface area (TPSA) is 69.7 Å². The Labute approximate surface area is 176 Å². The first-order chi connectivity index (χ1) is 13.2. The molecule has 0 spiro atoms. The van der Waals surface area contributed by atoms with Gasteiger partial charge in [0.25, 0.3) is 5.91 Å². The van der Waals surface area contributed by atoms with E-state index in [0.29, 0.717) is 17.8 Å². The van der Waals surface area contributed by atoms with Crippen LogP contribution in [0.1, 0.15) is 15.9 Å². The summed E-state index contributed by atoms with van der Waals surface area (Å²) in [7, 11) is 0.863. The van der Waals surface area contributed by atoms with Crippen molar-refractivity contribution in [3.8, 4) is 0 Å². The van der Waals surface area contributed by atoms with Gasteiger partial charge in [-0.05, 0) is 42.0 Å². The highest BCUT2D eigenvalue weighted by atomic mass is 35.5. The molecule has 0 unspecified atom stereocenters. The average Bonchev–Trinajstić information content (AvgIpc) is 2.68. The summed E-state index contributed by atoms with van der Waals surface area (Å²) in [5.41, 5.74) is 2.17. The van der Waals surface area contributed by atoms with Gasteiger partial charge in [-0.3, -0.25) is 9.10 Å². The summed E-state index contributed by atoms with van der Waals surface area (Å²) in [5, 5.41) is 3.59. The second-order valence-corrected chi connectivity index (χ2v) is 9.95. The van der Waals surface area contributed by atoms with E-state index in [1.54, 1.807) is 36.0 Å². The molecule has 1 amide bonds. The maximum absolute atomic E-state index is 12.2. The van der Waals surface area contributed by atoms with Crippen molar-refractivity contribution in [2.24, 2.45) is 0 Å². The van der Waals surface area contributed by atoms with E-state index in [-0.39, 0.29) is 5.91 Å². The predicted molar refractivity (Wildman–Crippen MR) is 117 cm³/mol. The molecule has 0 bridgehead atoms. The molecule has 2 aromatic carbocycles. The van der Waals surface area contributed by atoms with Crippen LogP contribution in [0.25, 0.3) is 0 Å². The second-order valence-electron chi connectivity index (χ2n) is 6.24. The van der Waals surface area contributed by atoms with Gasteiger partial charge < -0.3 is 5.32 Å². The van der Waals surface area contributed by atoms with Gasteiger partial charge in [0, 0.05) is 49.8 Å². The molecule has 0 aliphatic heterocycles.